The number of primary amides is 1. The van der Waals surface area contributed by atoms with Gasteiger partial charge in [-0.2, -0.15) is 0 Å². The lowest BCUT2D eigenvalue weighted by Crippen LogP contribution is -2.11. The summed E-state index contributed by atoms with van der Waals surface area (Å²) in [7, 11) is 0. The Morgan fingerprint density at radius 3 is 2.32 bits per heavy atom. The van der Waals surface area contributed by atoms with Gasteiger partial charge in [-0.25, -0.2) is 8.78 Å². The molecule has 98 valence electrons. The molecule has 2 aromatic carbocycles. The Balaban J connectivity index is 2.31. The lowest BCUT2D eigenvalue weighted by atomic mass is 10.1. The molecule has 5 N–H and O–H groups in total. The highest BCUT2D eigenvalue weighted by atomic mass is 19.1. The lowest BCUT2D eigenvalue weighted by molar-refractivity contribution is 0.100. The normalized spacial score (nSPS) is 10.2. The van der Waals surface area contributed by atoms with Gasteiger partial charge >= 0.3 is 0 Å². The summed E-state index contributed by atoms with van der Waals surface area (Å²) >= 11 is 0. The highest BCUT2D eigenvalue weighted by Gasteiger charge is 2.08. The van der Waals surface area contributed by atoms with Crippen molar-refractivity contribution in [1.29, 1.82) is 0 Å². The molecule has 0 radical (unpaired) electrons. The maximum Gasteiger partial charge on any atom is 0.248 e. The molecule has 0 aliphatic rings. The Labute approximate surface area is 108 Å². The number of nitrogen functional groups attached to an aromatic ring is 1. The highest BCUT2D eigenvalue weighted by Crippen LogP contribution is 2.26. The molecule has 19 heavy (non-hydrogen) atoms. The number of rotatable bonds is 3. The maximum atomic E-state index is 13.5. The van der Waals surface area contributed by atoms with E-state index in [4.69, 9.17) is 11.5 Å². The summed E-state index contributed by atoms with van der Waals surface area (Å²) in [5, 5.41) is 2.72. The number of nitrogens with two attached hydrogens (primary N) is 2. The van der Waals surface area contributed by atoms with Gasteiger partial charge in [0.05, 0.1) is 17.1 Å². The minimum atomic E-state index is -0.738. The first-order valence-electron chi connectivity index (χ1n) is 5.39. The van der Waals surface area contributed by atoms with Crippen LogP contribution in [0.15, 0.2) is 36.4 Å². The molecule has 0 aliphatic carbocycles. The molecule has 2 aromatic rings. The van der Waals surface area contributed by atoms with E-state index in [2.05, 4.69) is 5.32 Å². The monoisotopic (exact) mass is 263 g/mol. The second-order valence-electron chi connectivity index (χ2n) is 3.92. The van der Waals surface area contributed by atoms with E-state index in [-0.39, 0.29) is 16.9 Å². The number of carbonyl (C=O) groups is 1. The van der Waals surface area contributed by atoms with Crippen LogP contribution in [-0.2, 0) is 0 Å². The molecule has 0 heterocycles. The first kappa shape index (κ1) is 12.8. The predicted molar refractivity (Wildman–Crippen MR) is 69.0 cm³/mol. The third-order valence-corrected chi connectivity index (χ3v) is 2.54. The summed E-state index contributed by atoms with van der Waals surface area (Å²) in [6, 6.07) is 7.48. The first-order chi connectivity index (χ1) is 8.97. The number of carbonyl (C=O) groups excluding carboxylic acids is 1. The molecule has 4 nitrogen and oxygen atoms in total. The zero-order valence-electron chi connectivity index (χ0n) is 9.78. The van der Waals surface area contributed by atoms with Crippen molar-refractivity contribution in [3.63, 3.8) is 0 Å². The SMILES string of the molecule is NC(=O)c1ccc(Nc2ccc(F)cc2F)c(N)c1. The Bertz CT molecular complexity index is 644. The Kier molecular flexibility index (Phi) is 3.33. The van der Waals surface area contributed by atoms with E-state index >= 15 is 0 Å². The third-order valence-electron chi connectivity index (χ3n) is 2.54. The smallest absolute Gasteiger partial charge is 0.248 e. The molecule has 0 bridgehead atoms. The average Bonchev–Trinajstić information content (AvgIpc) is 2.34. The van der Waals surface area contributed by atoms with Crippen LogP contribution in [0.25, 0.3) is 0 Å². The van der Waals surface area contributed by atoms with E-state index in [0.717, 1.165) is 12.1 Å². The fourth-order valence-corrected chi connectivity index (χ4v) is 1.57. The van der Waals surface area contributed by atoms with E-state index in [9.17, 15) is 13.6 Å². The van der Waals surface area contributed by atoms with Crippen LogP contribution in [0.4, 0.5) is 25.8 Å². The number of hydrogen-bond donors (Lipinski definition) is 3. The summed E-state index contributed by atoms with van der Waals surface area (Å²) < 4.78 is 26.2. The van der Waals surface area contributed by atoms with Crippen LogP contribution in [-0.4, -0.2) is 5.91 Å². The molecule has 0 saturated carbocycles. The Hall–Kier alpha value is -2.63. The van der Waals surface area contributed by atoms with Crippen molar-refractivity contribution in [2.45, 2.75) is 0 Å². The fraction of sp³-hybridized carbons (Fsp3) is 0. The largest absolute Gasteiger partial charge is 0.397 e. The van der Waals surface area contributed by atoms with Gasteiger partial charge in [-0.15, -0.1) is 0 Å². The topological polar surface area (TPSA) is 81.1 Å². The molecule has 6 heteroatoms. The minimum Gasteiger partial charge on any atom is -0.397 e. The molecule has 0 spiro atoms. The molecular weight excluding hydrogens is 252 g/mol. The molecule has 0 atom stereocenters. The maximum absolute atomic E-state index is 13.5. The van der Waals surface area contributed by atoms with Gasteiger partial charge in [-0.05, 0) is 30.3 Å². The minimum absolute atomic E-state index is 0.0833. The number of amides is 1. The lowest BCUT2D eigenvalue weighted by Gasteiger charge is -2.11. The van der Waals surface area contributed by atoms with Crippen LogP contribution >= 0.6 is 0 Å². The van der Waals surface area contributed by atoms with Gasteiger partial charge in [0, 0.05) is 11.6 Å². The zero-order valence-corrected chi connectivity index (χ0v) is 9.78. The van der Waals surface area contributed by atoms with Crippen LogP contribution in [0.3, 0.4) is 0 Å². The van der Waals surface area contributed by atoms with Crippen molar-refractivity contribution >= 4 is 23.0 Å². The molecule has 0 aliphatic heterocycles. The average molecular weight is 263 g/mol. The number of anilines is 3. The molecule has 1 amide bonds. The summed E-state index contributed by atoms with van der Waals surface area (Å²) in [5.41, 5.74) is 11.8. The van der Waals surface area contributed by atoms with Crippen molar-refractivity contribution in [3.8, 4) is 0 Å². The summed E-state index contributed by atoms with van der Waals surface area (Å²) in [6.45, 7) is 0. The standard InChI is InChI=1S/C13H11F2N3O/c14-8-2-4-11(9(15)6-8)18-12-3-1-7(13(17)19)5-10(12)16/h1-6,18H,16H2,(H2,17,19). The van der Waals surface area contributed by atoms with E-state index in [1.54, 1.807) is 0 Å². The predicted octanol–water partition coefficient (Wildman–Crippen LogP) is 2.39. The molecule has 0 fully saturated rings. The van der Waals surface area contributed by atoms with Crippen molar-refractivity contribution in [2.75, 3.05) is 11.1 Å². The van der Waals surface area contributed by atoms with Gasteiger partial charge in [0.1, 0.15) is 11.6 Å². The van der Waals surface area contributed by atoms with Crippen molar-refractivity contribution in [1.82, 2.24) is 0 Å². The van der Waals surface area contributed by atoms with Crippen LogP contribution in [0.5, 0.6) is 0 Å². The van der Waals surface area contributed by atoms with E-state index in [1.165, 1.54) is 24.3 Å². The van der Waals surface area contributed by atoms with Crippen LogP contribution in [0.2, 0.25) is 0 Å². The first-order valence-corrected chi connectivity index (χ1v) is 5.39. The molecule has 0 saturated heterocycles. The Morgan fingerprint density at radius 2 is 1.74 bits per heavy atom. The fourth-order valence-electron chi connectivity index (χ4n) is 1.57. The molecular formula is C13H11F2N3O. The third kappa shape index (κ3) is 2.79. The highest BCUT2D eigenvalue weighted by molar-refractivity contribution is 5.95. The quantitative estimate of drug-likeness (QED) is 0.744. The van der Waals surface area contributed by atoms with Crippen LogP contribution in [0.1, 0.15) is 10.4 Å². The number of halogens is 2. The van der Waals surface area contributed by atoms with Gasteiger partial charge in [-0.1, -0.05) is 0 Å². The number of hydrogen-bond acceptors (Lipinski definition) is 3. The van der Waals surface area contributed by atoms with Gasteiger partial charge in [0.25, 0.3) is 0 Å². The molecule has 0 unspecified atom stereocenters. The number of nitrogens with one attached hydrogen (secondary N) is 1. The summed E-state index contributed by atoms with van der Waals surface area (Å²) in [5.74, 6) is -2.01. The van der Waals surface area contributed by atoms with E-state index in [1.807, 2.05) is 0 Å². The van der Waals surface area contributed by atoms with Crippen molar-refractivity contribution in [2.24, 2.45) is 5.73 Å². The zero-order chi connectivity index (χ0) is 14.0. The second kappa shape index (κ2) is 4.93. The van der Waals surface area contributed by atoms with Gasteiger partial charge in [0.2, 0.25) is 5.91 Å². The number of benzene rings is 2. The van der Waals surface area contributed by atoms with E-state index < -0.39 is 17.5 Å². The van der Waals surface area contributed by atoms with Crippen molar-refractivity contribution in [3.05, 3.63) is 53.6 Å². The van der Waals surface area contributed by atoms with Gasteiger partial charge in [0.15, 0.2) is 0 Å². The Morgan fingerprint density at radius 1 is 1.05 bits per heavy atom. The van der Waals surface area contributed by atoms with Gasteiger partial charge < -0.3 is 16.8 Å². The van der Waals surface area contributed by atoms with Crippen molar-refractivity contribution < 1.29 is 13.6 Å². The summed E-state index contributed by atoms with van der Waals surface area (Å²) in [4.78, 5) is 11.0. The van der Waals surface area contributed by atoms with Crippen LogP contribution in [0, 0.1) is 11.6 Å². The summed E-state index contributed by atoms with van der Waals surface area (Å²) in [6.07, 6.45) is 0. The van der Waals surface area contributed by atoms with Crippen LogP contribution < -0.4 is 16.8 Å². The van der Waals surface area contributed by atoms with Gasteiger partial charge in [-0.3, -0.25) is 4.79 Å². The molecule has 0 aromatic heterocycles. The molecule has 2 rings (SSSR count). The van der Waals surface area contributed by atoms with E-state index in [0.29, 0.717) is 5.69 Å². The second-order valence-corrected chi connectivity index (χ2v) is 3.92.